The molecule has 1 aliphatic rings. The van der Waals surface area contributed by atoms with Crippen LogP contribution < -0.4 is 15.2 Å². The number of rotatable bonds is 7. The van der Waals surface area contributed by atoms with E-state index in [2.05, 4.69) is 9.71 Å². The van der Waals surface area contributed by atoms with Gasteiger partial charge in [0.2, 0.25) is 0 Å². The van der Waals surface area contributed by atoms with Crippen molar-refractivity contribution in [2.45, 2.75) is 43.9 Å². The molecule has 6 rings (SSSR count). The predicted molar refractivity (Wildman–Crippen MR) is 161 cm³/mol. The van der Waals surface area contributed by atoms with Crippen LogP contribution in [0.5, 0.6) is 5.75 Å². The van der Waals surface area contributed by atoms with Crippen LogP contribution in [-0.4, -0.2) is 43.6 Å². The van der Waals surface area contributed by atoms with Crippen molar-refractivity contribution < 1.29 is 27.1 Å². The lowest BCUT2D eigenvalue weighted by molar-refractivity contribution is 0.0243. The number of thiazole rings is 1. The van der Waals surface area contributed by atoms with Gasteiger partial charge in [-0.05, 0) is 63.3 Å². The number of hydrogen-bond acceptors (Lipinski definition) is 10. The molecule has 4 heterocycles. The summed E-state index contributed by atoms with van der Waals surface area (Å²) in [5.74, 6) is 0.375. The molecule has 1 saturated heterocycles. The summed E-state index contributed by atoms with van der Waals surface area (Å²) >= 11 is 0.771. The Labute approximate surface area is 246 Å². The fourth-order valence-electron chi connectivity index (χ4n) is 5.36. The van der Waals surface area contributed by atoms with Crippen molar-refractivity contribution in [3.05, 3.63) is 65.4 Å². The third-order valence-corrected chi connectivity index (χ3v) is 10.3. The van der Waals surface area contributed by atoms with Crippen LogP contribution in [0.4, 0.5) is 5.13 Å². The van der Waals surface area contributed by atoms with Gasteiger partial charge >= 0.3 is 0 Å². The zero-order chi connectivity index (χ0) is 29.6. The zero-order valence-corrected chi connectivity index (χ0v) is 25.0. The quantitative estimate of drug-likeness (QED) is 0.241. The second-order valence-corrected chi connectivity index (χ2v) is 13.4. The van der Waals surface area contributed by atoms with Gasteiger partial charge in [-0.2, -0.15) is 0 Å². The number of amides is 1. The van der Waals surface area contributed by atoms with Crippen LogP contribution in [-0.2, 0) is 14.8 Å². The second kappa shape index (κ2) is 11.0. The molecule has 1 atom stereocenters. The SMILES string of the molecule is Cc1c(-c2cc(C(=O)NS(=O)(=O)c3cnc(N)s3)c3c(OC(C)C4CCOCC4)ccc(C)c3n2)oc2ccccc12. The molecule has 0 spiro atoms. The molecule has 5 aromatic rings. The molecule has 3 N–H and O–H groups in total. The number of furan rings is 1. The van der Waals surface area contributed by atoms with E-state index < -0.39 is 15.9 Å². The molecule has 1 amide bonds. The van der Waals surface area contributed by atoms with Gasteiger partial charge in [0.15, 0.2) is 15.1 Å². The number of benzene rings is 2. The number of carbonyl (C=O) groups is 1. The summed E-state index contributed by atoms with van der Waals surface area (Å²) in [6.45, 7) is 7.15. The minimum Gasteiger partial charge on any atom is -0.490 e. The van der Waals surface area contributed by atoms with Crippen LogP contribution in [0.1, 0.15) is 41.3 Å². The highest BCUT2D eigenvalue weighted by molar-refractivity contribution is 7.92. The van der Waals surface area contributed by atoms with E-state index >= 15 is 0 Å². The van der Waals surface area contributed by atoms with Crippen molar-refractivity contribution in [1.29, 1.82) is 0 Å². The molecular weight excluding hydrogens is 576 g/mol. The third-order valence-electron chi connectivity index (χ3n) is 7.68. The maximum atomic E-state index is 13.9. The summed E-state index contributed by atoms with van der Waals surface area (Å²) in [6.07, 6.45) is 2.68. The molecule has 0 aliphatic carbocycles. The van der Waals surface area contributed by atoms with Gasteiger partial charge in [0.05, 0.1) is 28.8 Å². The van der Waals surface area contributed by atoms with E-state index in [0.717, 1.165) is 46.9 Å². The van der Waals surface area contributed by atoms with Crippen LogP contribution in [0.3, 0.4) is 0 Å². The fourth-order valence-corrected chi connectivity index (χ4v) is 7.24. The van der Waals surface area contributed by atoms with Crippen molar-refractivity contribution in [3.8, 4) is 17.2 Å². The van der Waals surface area contributed by atoms with Crippen LogP contribution in [0, 0.1) is 19.8 Å². The molecule has 1 fully saturated rings. The Morgan fingerprint density at radius 3 is 2.64 bits per heavy atom. The highest BCUT2D eigenvalue weighted by atomic mass is 32.2. The Morgan fingerprint density at radius 1 is 1.17 bits per heavy atom. The highest BCUT2D eigenvalue weighted by Gasteiger charge is 2.28. The van der Waals surface area contributed by atoms with Gasteiger partial charge in [-0.3, -0.25) is 4.79 Å². The number of anilines is 1. The van der Waals surface area contributed by atoms with Crippen LogP contribution >= 0.6 is 11.3 Å². The second-order valence-electron chi connectivity index (χ2n) is 10.4. The molecule has 10 nitrogen and oxygen atoms in total. The lowest BCUT2D eigenvalue weighted by atomic mass is 9.94. The van der Waals surface area contributed by atoms with E-state index in [9.17, 15) is 13.2 Å². The van der Waals surface area contributed by atoms with E-state index in [4.69, 9.17) is 24.6 Å². The summed E-state index contributed by atoms with van der Waals surface area (Å²) in [5, 5.41) is 1.42. The summed E-state index contributed by atoms with van der Waals surface area (Å²) in [4.78, 5) is 22.6. The minimum absolute atomic E-state index is 0.0771. The number of sulfonamides is 1. The van der Waals surface area contributed by atoms with Crippen molar-refractivity contribution in [2.24, 2.45) is 5.92 Å². The number of nitrogen functional groups attached to an aromatic ring is 1. The Hall–Kier alpha value is -4.00. The molecule has 1 unspecified atom stereocenters. The van der Waals surface area contributed by atoms with Crippen LogP contribution in [0.25, 0.3) is 33.3 Å². The Bertz CT molecular complexity index is 1930. The Morgan fingerprint density at radius 2 is 1.93 bits per heavy atom. The van der Waals surface area contributed by atoms with Crippen molar-refractivity contribution in [2.75, 3.05) is 18.9 Å². The number of para-hydroxylation sites is 1. The van der Waals surface area contributed by atoms with Gasteiger partial charge in [-0.25, -0.2) is 23.1 Å². The van der Waals surface area contributed by atoms with Gasteiger partial charge in [0.1, 0.15) is 17.0 Å². The van der Waals surface area contributed by atoms with Gasteiger partial charge in [0, 0.05) is 24.2 Å². The zero-order valence-electron chi connectivity index (χ0n) is 23.3. The summed E-state index contributed by atoms with van der Waals surface area (Å²) in [6, 6.07) is 12.9. The molecule has 42 heavy (non-hydrogen) atoms. The molecule has 0 saturated carbocycles. The van der Waals surface area contributed by atoms with Gasteiger partial charge in [-0.1, -0.05) is 35.6 Å². The number of hydrogen-bond donors (Lipinski definition) is 2. The van der Waals surface area contributed by atoms with Crippen molar-refractivity contribution in [1.82, 2.24) is 14.7 Å². The monoisotopic (exact) mass is 606 g/mol. The molecule has 2 aromatic carbocycles. The van der Waals surface area contributed by atoms with E-state index in [-0.39, 0.29) is 26.9 Å². The topological polar surface area (TPSA) is 147 Å². The molecular formula is C30H30N4O6S2. The van der Waals surface area contributed by atoms with Crippen LogP contribution in [0.2, 0.25) is 0 Å². The summed E-state index contributed by atoms with van der Waals surface area (Å²) < 4.78 is 46.5. The van der Waals surface area contributed by atoms with Crippen molar-refractivity contribution >= 4 is 54.3 Å². The molecule has 12 heteroatoms. The molecule has 218 valence electrons. The average molecular weight is 607 g/mol. The van der Waals surface area contributed by atoms with Crippen LogP contribution in [0.15, 0.2) is 57.3 Å². The number of carbonyl (C=O) groups excluding carboxylic acids is 1. The highest BCUT2D eigenvalue weighted by Crippen LogP contribution is 2.38. The summed E-state index contributed by atoms with van der Waals surface area (Å²) in [7, 11) is -4.25. The van der Waals surface area contributed by atoms with Gasteiger partial charge < -0.3 is 19.6 Å². The normalized spacial score (nSPS) is 15.2. The lowest BCUT2D eigenvalue weighted by Crippen LogP contribution is -2.31. The standard InChI is InChI=1S/C30H30N4O6S2/c1-16-8-9-24(39-18(3)19-10-12-38-13-11-19)26-21(29(35)34-42(36,37)25-15-32-30(31)41-25)14-22(33-27(16)26)28-17(2)20-6-4-5-7-23(20)40-28/h4-9,14-15,18-19H,10-13H2,1-3H3,(H2,31,32)(H,34,35). The van der Waals surface area contributed by atoms with E-state index in [1.165, 1.54) is 0 Å². The molecule has 0 radical (unpaired) electrons. The van der Waals surface area contributed by atoms with Gasteiger partial charge in [0.25, 0.3) is 15.9 Å². The Balaban J connectivity index is 1.51. The Kier molecular flexibility index (Phi) is 7.37. The fraction of sp³-hybridized carbons (Fsp3) is 0.300. The number of aryl methyl sites for hydroxylation is 2. The first-order chi connectivity index (χ1) is 20.1. The first-order valence-electron chi connectivity index (χ1n) is 13.6. The number of fused-ring (bicyclic) bond motifs is 2. The molecule has 3 aromatic heterocycles. The first-order valence-corrected chi connectivity index (χ1v) is 15.9. The van der Waals surface area contributed by atoms with E-state index in [0.29, 0.717) is 46.9 Å². The minimum atomic E-state index is -4.25. The first kappa shape index (κ1) is 28.1. The largest absolute Gasteiger partial charge is 0.490 e. The number of aromatic nitrogens is 2. The lowest BCUT2D eigenvalue weighted by Gasteiger charge is -2.29. The number of nitrogens with two attached hydrogens (primary N) is 1. The number of pyridine rings is 1. The van der Waals surface area contributed by atoms with Crippen molar-refractivity contribution in [3.63, 3.8) is 0 Å². The number of ether oxygens (including phenoxy) is 2. The van der Waals surface area contributed by atoms with Gasteiger partial charge in [-0.15, -0.1) is 0 Å². The molecule has 1 aliphatic heterocycles. The van der Waals surface area contributed by atoms with E-state index in [1.807, 2.05) is 51.1 Å². The average Bonchev–Trinajstić information content (AvgIpc) is 3.58. The number of nitrogens with one attached hydrogen (secondary N) is 1. The maximum absolute atomic E-state index is 13.9. The predicted octanol–water partition coefficient (Wildman–Crippen LogP) is 5.62. The summed E-state index contributed by atoms with van der Waals surface area (Å²) in [5.41, 5.74) is 8.98. The third kappa shape index (κ3) is 5.21. The van der Waals surface area contributed by atoms with E-state index in [1.54, 1.807) is 12.1 Å². The maximum Gasteiger partial charge on any atom is 0.275 e. The smallest absolute Gasteiger partial charge is 0.275 e. The number of nitrogens with zero attached hydrogens (tertiary/aromatic N) is 2. The molecule has 0 bridgehead atoms.